The lowest BCUT2D eigenvalue weighted by molar-refractivity contribution is 0.0993. The summed E-state index contributed by atoms with van der Waals surface area (Å²) < 4.78 is 21.3. The highest BCUT2D eigenvalue weighted by atomic mass is 32.2. The molecular weight excluding hydrogens is 415 g/mol. The average Bonchev–Trinajstić information content (AvgIpc) is 3.19. The van der Waals surface area contributed by atoms with Crippen LogP contribution in [0.2, 0.25) is 0 Å². The molecule has 3 aromatic rings. The molecule has 4 rings (SSSR count). The number of aromatic nitrogens is 3. The number of halogens is 1. The van der Waals surface area contributed by atoms with Gasteiger partial charge in [0.05, 0.1) is 24.2 Å². The molecule has 8 heteroatoms. The molecule has 31 heavy (non-hydrogen) atoms. The smallest absolute Gasteiger partial charge is 0.232 e. The van der Waals surface area contributed by atoms with Gasteiger partial charge < -0.3 is 9.64 Å². The highest BCUT2D eigenvalue weighted by molar-refractivity contribution is 8.00. The predicted molar refractivity (Wildman–Crippen MR) is 120 cm³/mol. The number of morpholine rings is 1. The van der Waals surface area contributed by atoms with E-state index in [4.69, 9.17) is 4.74 Å². The van der Waals surface area contributed by atoms with E-state index < -0.39 is 0 Å². The van der Waals surface area contributed by atoms with Crippen LogP contribution in [-0.4, -0.2) is 52.1 Å². The number of hydrogen-bond acceptors (Lipinski definition) is 6. The van der Waals surface area contributed by atoms with Crippen molar-refractivity contribution in [1.82, 2.24) is 14.8 Å². The van der Waals surface area contributed by atoms with Crippen molar-refractivity contribution in [3.05, 3.63) is 65.0 Å². The molecule has 1 saturated heterocycles. The van der Waals surface area contributed by atoms with Gasteiger partial charge in [-0.3, -0.25) is 9.36 Å². The molecule has 1 unspecified atom stereocenters. The molecule has 0 N–H and O–H groups in total. The van der Waals surface area contributed by atoms with Gasteiger partial charge >= 0.3 is 0 Å². The maximum atomic E-state index is 14.0. The van der Waals surface area contributed by atoms with Gasteiger partial charge in [0.2, 0.25) is 5.95 Å². The van der Waals surface area contributed by atoms with E-state index in [0.717, 1.165) is 11.1 Å². The maximum absolute atomic E-state index is 14.0. The van der Waals surface area contributed by atoms with Crippen molar-refractivity contribution < 1.29 is 13.9 Å². The molecule has 2 heterocycles. The molecule has 0 aliphatic carbocycles. The number of benzene rings is 2. The third kappa shape index (κ3) is 4.65. The number of carbonyl (C=O) groups excluding carboxylic acids is 1. The fourth-order valence-electron chi connectivity index (χ4n) is 3.58. The number of ketones is 1. The van der Waals surface area contributed by atoms with E-state index >= 15 is 0 Å². The first-order valence-corrected chi connectivity index (χ1v) is 11.1. The molecule has 0 radical (unpaired) electrons. The standard InChI is InChI=1S/C23H25FN4O2S/c1-15-7-8-16(2)20(13-15)21(29)17(3)31-23-26-25-22(27-9-11-30-12-10-27)28(23)19-6-4-5-18(24)14-19/h4-8,13-14,17H,9-12H2,1-3H3. The molecular formula is C23H25FN4O2S. The Labute approximate surface area is 185 Å². The molecule has 2 aromatic carbocycles. The first-order valence-electron chi connectivity index (χ1n) is 10.3. The minimum absolute atomic E-state index is 0.0351. The minimum atomic E-state index is -0.380. The van der Waals surface area contributed by atoms with Crippen LogP contribution in [0.4, 0.5) is 10.3 Å². The minimum Gasteiger partial charge on any atom is -0.378 e. The first-order chi connectivity index (χ1) is 14.9. The summed E-state index contributed by atoms with van der Waals surface area (Å²) in [6, 6.07) is 12.2. The lowest BCUT2D eigenvalue weighted by atomic mass is 10.0. The summed E-state index contributed by atoms with van der Waals surface area (Å²) in [5, 5.41) is 8.94. The van der Waals surface area contributed by atoms with Crippen LogP contribution in [0.1, 0.15) is 28.4 Å². The maximum Gasteiger partial charge on any atom is 0.232 e. The highest BCUT2D eigenvalue weighted by Crippen LogP contribution is 2.31. The van der Waals surface area contributed by atoms with Gasteiger partial charge in [0.1, 0.15) is 5.82 Å². The van der Waals surface area contributed by atoms with Gasteiger partial charge in [-0.15, -0.1) is 10.2 Å². The topological polar surface area (TPSA) is 60.3 Å². The van der Waals surface area contributed by atoms with Crippen LogP contribution in [0.5, 0.6) is 0 Å². The van der Waals surface area contributed by atoms with E-state index in [1.165, 1.54) is 23.9 Å². The first kappa shape index (κ1) is 21.5. The van der Waals surface area contributed by atoms with Crippen LogP contribution >= 0.6 is 11.8 Å². The number of rotatable bonds is 6. The zero-order valence-corrected chi connectivity index (χ0v) is 18.7. The van der Waals surface area contributed by atoms with E-state index in [0.29, 0.717) is 48.7 Å². The van der Waals surface area contributed by atoms with Crippen molar-refractivity contribution in [3.63, 3.8) is 0 Å². The number of thioether (sulfide) groups is 1. The third-order valence-electron chi connectivity index (χ3n) is 5.29. The Morgan fingerprint density at radius 2 is 1.90 bits per heavy atom. The summed E-state index contributed by atoms with van der Waals surface area (Å²) in [5.74, 6) is 0.324. The Balaban J connectivity index is 1.68. The fourth-order valence-corrected chi connectivity index (χ4v) is 4.51. The largest absolute Gasteiger partial charge is 0.378 e. The molecule has 0 spiro atoms. The third-order valence-corrected chi connectivity index (χ3v) is 6.33. The van der Waals surface area contributed by atoms with Crippen LogP contribution in [0.25, 0.3) is 5.69 Å². The molecule has 0 amide bonds. The quantitative estimate of drug-likeness (QED) is 0.422. The molecule has 0 saturated carbocycles. The van der Waals surface area contributed by atoms with Crippen LogP contribution in [0.15, 0.2) is 47.6 Å². The zero-order chi connectivity index (χ0) is 22.0. The number of aryl methyl sites for hydroxylation is 2. The van der Waals surface area contributed by atoms with E-state index in [2.05, 4.69) is 15.1 Å². The summed E-state index contributed by atoms with van der Waals surface area (Å²) in [6.07, 6.45) is 0. The van der Waals surface area contributed by atoms with Gasteiger partial charge in [-0.25, -0.2) is 4.39 Å². The second kappa shape index (κ2) is 9.20. The van der Waals surface area contributed by atoms with E-state index in [1.54, 1.807) is 6.07 Å². The summed E-state index contributed by atoms with van der Waals surface area (Å²) in [6.45, 7) is 8.33. The van der Waals surface area contributed by atoms with Gasteiger partial charge in [0, 0.05) is 18.7 Å². The molecule has 1 aromatic heterocycles. The van der Waals surface area contributed by atoms with Gasteiger partial charge in [-0.05, 0) is 50.6 Å². The number of ether oxygens (including phenoxy) is 1. The fraction of sp³-hybridized carbons (Fsp3) is 0.348. The Morgan fingerprint density at radius 3 is 2.65 bits per heavy atom. The van der Waals surface area contributed by atoms with E-state index in [-0.39, 0.29) is 16.9 Å². The second-order valence-corrected chi connectivity index (χ2v) is 8.95. The highest BCUT2D eigenvalue weighted by Gasteiger charge is 2.26. The van der Waals surface area contributed by atoms with Crippen molar-refractivity contribution in [2.75, 3.05) is 31.2 Å². The van der Waals surface area contributed by atoms with Gasteiger partial charge in [0.15, 0.2) is 10.9 Å². The lowest BCUT2D eigenvalue weighted by Crippen LogP contribution is -2.37. The van der Waals surface area contributed by atoms with E-state index in [9.17, 15) is 9.18 Å². The molecule has 6 nitrogen and oxygen atoms in total. The van der Waals surface area contributed by atoms with Crippen LogP contribution in [0, 0.1) is 19.7 Å². The number of anilines is 1. The summed E-state index contributed by atoms with van der Waals surface area (Å²) in [5.41, 5.74) is 3.33. The molecule has 0 bridgehead atoms. The van der Waals surface area contributed by atoms with Crippen molar-refractivity contribution in [3.8, 4) is 5.69 Å². The van der Waals surface area contributed by atoms with Gasteiger partial charge in [0.25, 0.3) is 0 Å². The van der Waals surface area contributed by atoms with Crippen molar-refractivity contribution in [2.45, 2.75) is 31.2 Å². The van der Waals surface area contributed by atoms with E-state index in [1.807, 2.05) is 49.6 Å². The Hall–Kier alpha value is -2.71. The zero-order valence-electron chi connectivity index (χ0n) is 17.8. The Kier molecular flexibility index (Phi) is 6.38. The average molecular weight is 441 g/mol. The van der Waals surface area contributed by atoms with Crippen molar-refractivity contribution in [1.29, 1.82) is 0 Å². The monoisotopic (exact) mass is 440 g/mol. The van der Waals surface area contributed by atoms with Gasteiger partial charge in [-0.1, -0.05) is 35.5 Å². The normalized spacial score (nSPS) is 15.2. The number of nitrogens with zero attached hydrogens (tertiary/aromatic N) is 4. The number of hydrogen-bond donors (Lipinski definition) is 0. The van der Waals surface area contributed by atoms with Gasteiger partial charge in [-0.2, -0.15) is 0 Å². The van der Waals surface area contributed by atoms with Crippen molar-refractivity contribution >= 4 is 23.5 Å². The summed E-state index contributed by atoms with van der Waals surface area (Å²) in [4.78, 5) is 15.2. The predicted octanol–water partition coefficient (Wildman–Crippen LogP) is 4.22. The molecule has 1 aliphatic heterocycles. The van der Waals surface area contributed by atoms with Crippen LogP contribution in [-0.2, 0) is 4.74 Å². The molecule has 1 aliphatic rings. The number of Topliss-reactive ketones (excluding diaryl/α,β-unsaturated/α-hetero) is 1. The molecule has 1 atom stereocenters. The second-order valence-electron chi connectivity index (χ2n) is 7.64. The Morgan fingerprint density at radius 1 is 1.13 bits per heavy atom. The lowest BCUT2D eigenvalue weighted by Gasteiger charge is -2.28. The number of carbonyl (C=O) groups is 1. The van der Waals surface area contributed by atoms with Crippen molar-refractivity contribution in [2.24, 2.45) is 0 Å². The Bertz CT molecular complexity index is 1090. The summed E-state index contributed by atoms with van der Waals surface area (Å²) >= 11 is 1.33. The SMILES string of the molecule is Cc1ccc(C)c(C(=O)C(C)Sc2nnc(N3CCOCC3)n2-c2cccc(F)c2)c1. The molecule has 1 fully saturated rings. The summed E-state index contributed by atoms with van der Waals surface area (Å²) in [7, 11) is 0. The van der Waals surface area contributed by atoms with Crippen LogP contribution in [0.3, 0.4) is 0 Å². The van der Waals surface area contributed by atoms with Crippen LogP contribution < -0.4 is 4.90 Å². The molecule has 162 valence electrons.